The maximum Gasteiger partial charge on any atom is 0.0703 e. The third-order valence-electron chi connectivity index (χ3n) is 2.38. The normalized spacial score (nSPS) is 19.4. The van der Waals surface area contributed by atoms with Crippen molar-refractivity contribution in [3.05, 3.63) is 0 Å². The minimum Gasteiger partial charge on any atom is -0.378 e. The summed E-state index contributed by atoms with van der Waals surface area (Å²) in [4.78, 5) is 0. The molecule has 13 heavy (non-hydrogen) atoms. The molecule has 0 amide bonds. The molecule has 0 bridgehead atoms. The second-order valence-electron chi connectivity index (χ2n) is 4.13. The number of thiol groups is 1. The van der Waals surface area contributed by atoms with E-state index in [-0.39, 0.29) is 0 Å². The van der Waals surface area contributed by atoms with E-state index in [1.54, 1.807) is 0 Å². The number of rotatable bonds is 7. The van der Waals surface area contributed by atoms with E-state index >= 15 is 0 Å². The standard InChI is InChI=1S/C10H20O2S/c1-9(2)12-6-5-11-7-10(8-13)3-4-10/h9,13H,3-8H2,1-2H3. The van der Waals surface area contributed by atoms with Crippen molar-refractivity contribution in [3.63, 3.8) is 0 Å². The van der Waals surface area contributed by atoms with Crippen LogP contribution in [0.15, 0.2) is 0 Å². The molecule has 0 spiro atoms. The average Bonchev–Trinajstić information content (AvgIpc) is 2.84. The van der Waals surface area contributed by atoms with Gasteiger partial charge in [0.1, 0.15) is 0 Å². The molecular formula is C10H20O2S. The highest BCUT2D eigenvalue weighted by Crippen LogP contribution is 2.46. The lowest BCUT2D eigenvalue weighted by Crippen LogP contribution is -2.16. The molecule has 0 unspecified atom stereocenters. The van der Waals surface area contributed by atoms with Gasteiger partial charge in [0.25, 0.3) is 0 Å². The minimum atomic E-state index is 0.309. The monoisotopic (exact) mass is 204 g/mol. The molecule has 0 aromatic heterocycles. The number of ether oxygens (including phenoxy) is 2. The lowest BCUT2D eigenvalue weighted by atomic mass is 10.2. The first kappa shape index (κ1) is 11.3. The van der Waals surface area contributed by atoms with Crippen LogP contribution < -0.4 is 0 Å². The molecular weight excluding hydrogens is 184 g/mol. The van der Waals surface area contributed by atoms with E-state index < -0.39 is 0 Å². The van der Waals surface area contributed by atoms with E-state index in [1.165, 1.54) is 12.8 Å². The van der Waals surface area contributed by atoms with Gasteiger partial charge in [0.2, 0.25) is 0 Å². The van der Waals surface area contributed by atoms with Crippen LogP contribution in [-0.4, -0.2) is 31.7 Å². The molecule has 1 aliphatic carbocycles. The van der Waals surface area contributed by atoms with E-state index in [1.807, 2.05) is 13.8 Å². The van der Waals surface area contributed by atoms with Gasteiger partial charge in [-0.2, -0.15) is 12.6 Å². The second kappa shape index (κ2) is 5.23. The van der Waals surface area contributed by atoms with Crippen LogP contribution >= 0.6 is 12.6 Å². The molecule has 1 fully saturated rings. The molecule has 0 heterocycles. The van der Waals surface area contributed by atoms with Crippen molar-refractivity contribution >= 4 is 12.6 Å². The van der Waals surface area contributed by atoms with Crippen LogP contribution in [0.1, 0.15) is 26.7 Å². The Labute approximate surface area is 86.4 Å². The summed E-state index contributed by atoms with van der Waals surface area (Å²) >= 11 is 4.31. The summed E-state index contributed by atoms with van der Waals surface area (Å²) in [6, 6.07) is 0. The first-order valence-corrected chi connectivity index (χ1v) is 5.62. The van der Waals surface area contributed by atoms with Crippen molar-refractivity contribution in [2.24, 2.45) is 5.41 Å². The summed E-state index contributed by atoms with van der Waals surface area (Å²) < 4.78 is 10.9. The van der Waals surface area contributed by atoms with Gasteiger partial charge < -0.3 is 9.47 Å². The summed E-state index contributed by atoms with van der Waals surface area (Å²) in [6.07, 6.45) is 2.87. The Bertz CT molecular complexity index is 144. The summed E-state index contributed by atoms with van der Waals surface area (Å²) in [5.74, 6) is 0.956. The number of hydrogen-bond acceptors (Lipinski definition) is 3. The van der Waals surface area contributed by atoms with Crippen molar-refractivity contribution in [1.29, 1.82) is 0 Å². The molecule has 0 atom stereocenters. The van der Waals surface area contributed by atoms with Gasteiger partial charge >= 0.3 is 0 Å². The van der Waals surface area contributed by atoms with E-state index in [0.29, 0.717) is 24.7 Å². The topological polar surface area (TPSA) is 18.5 Å². The molecule has 1 saturated carbocycles. The lowest BCUT2D eigenvalue weighted by molar-refractivity contribution is 0.00907. The smallest absolute Gasteiger partial charge is 0.0703 e. The summed E-state index contributed by atoms with van der Waals surface area (Å²) in [5.41, 5.74) is 0.418. The Morgan fingerprint density at radius 3 is 2.46 bits per heavy atom. The van der Waals surface area contributed by atoms with Crippen LogP contribution in [-0.2, 0) is 9.47 Å². The van der Waals surface area contributed by atoms with Gasteiger partial charge in [-0.05, 0) is 32.4 Å². The third-order valence-corrected chi connectivity index (χ3v) is 3.05. The fraction of sp³-hybridized carbons (Fsp3) is 1.00. The van der Waals surface area contributed by atoms with Gasteiger partial charge in [-0.25, -0.2) is 0 Å². The zero-order valence-corrected chi connectivity index (χ0v) is 9.48. The summed E-state index contributed by atoms with van der Waals surface area (Å²) in [5, 5.41) is 0. The molecule has 0 radical (unpaired) electrons. The predicted octanol–water partition coefficient (Wildman–Crippen LogP) is 2.14. The number of hydrogen-bond donors (Lipinski definition) is 1. The van der Waals surface area contributed by atoms with Gasteiger partial charge in [0.15, 0.2) is 0 Å². The lowest BCUT2D eigenvalue weighted by Gasteiger charge is -2.13. The van der Waals surface area contributed by atoms with Crippen molar-refractivity contribution in [1.82, 2.24) is 0 Å². The minimum absolute atomic E-state index is 0.309. The molecule has 1 aliphatic rings. The van der Waals surface area contributed by atoms with Crippen molar-refractivity contribution in [3.8, 4) is 0 Å². The molecule has 0 aliphatic heterocycles. The van der Waals surface area contributed by atoms with Crippen LogP contribution in [0.4, 0.5) is 0 Å². The summed E-state index contributed by atoms with van der Waals surface area (Å²) in [7, 11) is 0. The van der Waals surface area contributed by atoms with Gasteiger partial charge in [-0.3, -0.25) is 0 Å². The highest BCUT2D eigenvalue weighted by Gasteiger charge is 2.41. The maximum atomic E-state index is 5.53. The van der Waals surface area contributed by atoms with E-state index in [2.05, 4.69) is 12.6 Å². The van der Waals surface area contributed by atoms with Gasteiger partial charge in [-0.1, -0.05) is 0 Å². The first-order valence-electron chi connectivity index (χ1n) is 4.99. The average molecular weight is 204 g/mol. The molecule has 0 saturated heterocycles. The molecule has 0 N–H and O–H groups in total. The van der Waals surface area contributed by atoms with Gasteiger partial charge in [-0.15, -0.1) is 0 Å². The van der Waals surface area contributed by atoms with Gasteiger partial charge in [0, 0.05) is 5.41 Å². The highest BCUT2D eigenvalue weighted by molar-refractivity contribution is 7.80. The molecule has 0 aromatic rings. The zero-order chi connectivity index (χ0) is 9.73. The molecule has 78 valence electrons. The highest BCUT2D eigenvalue weighted by atomic mass is 32.1. The molecule has 0 aromatic carbocycles. The van der Waals surface area contributed by atoms with Crippen LogP contribution in [0.25, 0.3) is 0 Å². The second-order valence-corrected chi connectivity index (χ2v) is 4.45. The molecule has 1 rings (SSSR count). The third kappa shape index (κ3) is 4.34. The van der Waals surface area contributed by atoms with E-state index in [4.69, 9.17) is 9.47 Å². The maximum absolute atomic E-state index is 5.53. The van der Waals surface area contributed by atoms with Crippen molar-refractivity contribution in [2.45, 2.75) is 32.8 Å². The zero-order valence-electron chi connectivity index (χ0n) is 8.58. The fourth-order valence-electron chi connectivity index (χ4n) is 1.16. The summed E-state index contributed by atoms with van der Waals surface area (Å²) in [6.45, 7) is 6.36. The largest absolute Gasteiger partial charge is 0.378 e. The SMILES string of the molecule is CC(C)OCCOCC1(CS)CC1. The van der Waals surface area contributed by atoms with Crippen LogP contribution in [0, 0.1) is 5.41 Å². The van der Waals surface area contributed by atoms with E-state index in [9.17, 15) is 0 Å². The Balaban J connectivity index is 1.90. The fourth-order valence-corrected chi connectivity index (χ4v) is 1.56. The first-order chi connectivity index (χ1) is 6.18. The Hall–Kier alpha value is 0.270. The molecule has 2 nitrogen and oxygen atoms in total. The van der Waals surface area contributed by atoms with Crippen molar-refractivity contribution < 1.29 is 9.47 Å². The predicted molar refractivity (Wildman–Crippen MR) is 57.4 cm³/mol. The Morgan fingerprint density at radius 2 is 2.00 bits per heavy atom. The van der Waals surface area contributed by atoms with Crippen LogP contribution in [0.3, 0.4) is 0 Å². The quantitative estimate of drug-likeness (QED) is 0.506. The van der Waals surface area contributed by atoms with Crippen LogP contribution in [0.5, 0.6) is 0 Å². The Morgan fingerprint density at radius 1 is 1.31 bits per heavy atom. The Kier molecular flexibility index (Phi) is 4.56. The van der Waals surface area contributed by atoms with Crippen LogP contribution in [0.2, 0.25) is 0 Å². The van der Waals surface area contributed by atoms with E-state index in [0.717, 1.165) is 12.4 Å². The van der Waals surface area contributed by atoms with Gasteiger partial charge in [0.05, 0.1) is 25.9 Å². The molecule has 3 heteroatoms. The van der Waals surface area contributed by atoms with Crippen molar-refractivity contribution in [2.75, 3.05) is 25.6 Å².